The zero-order chi connectivity index (χ0) is 19.2. The summed E-state index contributed by atoms with van der Waals surface area (Å²) < 4.78 is 0. The first-order valence-electron chi connectivity index (χ1n) is 8.68. The Kier molecular flexibility index (Phi) is 5.21. The van der Waals surface area contributed by atoms with Gasteiger partial charge in [0.1, 0.15) is 11.5 Å². The highest BCUT2D eigenvalue weighted by molar-refractivity contribution is 7.99. The van der Waals surface area contributed by atoms with E-state index in [0.29, 0.717) is 11.5 Å². The highest BCUT2D eigenvalue weighted by Crippen LogP contribution is 2.43. The molecule has 2 N–H and O–H groups in total. The quantitative estimate of drug-likeness (QED) is 0.647. The normalized spacial score (nSPS) is 12.5. The molecule has 0 aliphatic rings. The van der Waals surface area contributed by atoms with Gasteiger partial charge in [0, 0.05) is 20.9 Å². The first kappa shape index (κ1) is 19.7. The lowest BCUT2D eigenvalue weighted by Crippen LogP contribution is -2.12. The third kappa shape index (κ3) is 3.98. The molecule has 0 atom stereocenters. The van der Waals surface area contributed by atoms with E-state index < -0.39 is 0 Å². The smallest absolute Gasteiger partial charge is 0.123 e. The van der Waals surface area contributed by atoms with Crippen molar-refractivity contribution in [3.63, 3.8) is 0 Å². The van der Waals surface area contributed by atoms with Crippen LogP contribution in [0.4, 0.5) is 0 Å². The number of benzene rings is 2. The second-order valence-electron chi connectivity index (χ2n) is 8.77. The number of phenolic OH excluding ortho intramolecular Hbond substituents is 2. The maximum absolute atomic E-state index is 10.6. The van der Waals surface area contributed by atoms with E-state index in [2.05, 4.69) is 53.7 Å². The van der Waals surface area contributed by atoms with Crippen molar-refractivity contribution >= 4 is 11.8 Å². The van der Waals surface area contributed by atoms with Crippen LogP contribution >= 0.6 is 11.8 Å². The Balaban J connectivity index is 2.45. The lowest BCUT2D eigenvalue weighted by atomic mass is 9.85. The summed E-state index contributed by atoms with van der Waals surface area (Å²) in [6, 6.07) is 8.13. The standard InChI is InChI=1S/C22H30O2S/c1-13-17(11-9-15(19(13)23)21(3,4)5)25-18-12-10-16(22(6,7)8)20(24)14(18)2/h9-12,23-24H,1-8H3. The van der Waals surface area contributed by atoms with Crippen LogP contribution in [-0.2, 0) is 10.8 Å². The van der Waals surface area contributed by atoms with Crippen LogP contribution in [0, 0.1) is 13.8 Å². The average molecular weight is 359 g/mol. The molecule has 0 fully saturated rings. The van der Waals surface area contributed by atoms with Crippen LogP contribution in [0.25, 0.3) is 0 Å². The third-order valence-corrected chi connectivity index (χ3v) is 5.92. The van der Waals surface area contributed by atoms with Crippen LogP contribution in [0.5, 0.6) is 11.5 Å². The minimum absolute atomic E-state index is 0.0966. The van der Waals surface area contributed by atoms with Crippen molar-refractivity contribution in [1.29, 1.82) is 0 Å². The van der Waals surface area contributed by atoms with E-state index in [-0.39, 0.29) is 10.8 Å². The molecule has 0 radical (unpaired) electrons. The molecule has 25 heavy (non-hydrogen) atoms. The van der Waals surface area contributed by atoms with E-state index in [1.807, 2.05) is 26.0 Å². The molecular formula is C22H30O2S. The Morgan fingerprint density at radius 1 is 0.640 bits per heavy atom. The summed E-state index contributed by atoms with van der Waals surface area (Å²) in [5.74, 6) is 0.733. The fourth-order valence-electron chi connectivity index (χ4n) is 2.91. The minimum Gasteiger partial charge on any atom is -0.507 e. The van der Waals surface area contributed by atoms with Crippen molar-refractivity contribution in [2.75, 3.05) is 0 Å². The van der Waals surface area contributed by atoms with Crippen LogP contribution in [-0.4, -0.2) is 10.2 Å². The van der Waals surface area contributed by atoms with Crippen LogP contribution in [0.2, 0.25) is 0 Å². The second kappa shape index (κ2) is 6.60. The molecule has 0 aliphatic heterocycles. The number of hydrogen-bond donors (Lipinski definition) is 2. The molecule has 0 unspecified atom stereocenters. The number of phenols is 2. The molecular weight excluding hydrogens is 328 g/mol. The molecule has 2 rings (SSSR count). The van der Waals surface area contributed by atoms with Crippen molar-refractivity contribution in [1.82, 2.24) is 0 Å². The molecule has 136 valence electrons. The van der Waals surface area contributed by atoms with Crippen molar-refractivity contribution in [2.45, 2.75) is 76.0 Å². The predicted molar refractivity (Wildman–Crippen MR) is 107 cm³/mol. The molecule has 2 nitrogen and oxygen atoms in total. The Labute approximate surface area is 156 Å². The van der Waals surface area contributed by atoms with Crippen LogP contribution in [0.15, 0.2) is 34.1 Å². The maximum Gasteiger partial charge on any atom is 0.123 e. The van der Waals surface area contributed by atoms with E-state index in [9.17, 15) is 10.2 Å². The van der Waals surface area contributed by atoms with Crippen molar-refractivity contribution in [2.24, 2.45) is 0 Å². The number of hydrogen-bond acceptors (Lipinski definition) is 3. The Bertz CT molecular complexity index is 726. The Morgan fingerprint density at radius 2 is 0.960 bits per heavy atom. The van der Waals surface area contributed by atoms with Crippen LogP contribution in [0.1, 0.15) is 63.8 Å². The summed E-state index contributed by atoms with van der Waals surface area (Å²) in [6.07, 6.45) is 0. The fourth-order valence-corrected chi connectivity index (χ4v) is 3.92. The van der Waals surface area contributed by atoms with Gasteiger partial charge in [0.05, 0.1) is 0 Å². The number of rotatable bonds is 2. The van der Waals surface area contributed by atoms with E-state index in [1.54, 1.807) is 11.8 Å². The topological polar surface area (TPSA) is 40.5 Å². The van der Waals surface area contributed by atoms with Gasteiger partial charge in [-0.3, -0.25) is 0 Å². The summed E-state index contributed by atoms with van der Waals surface area (Å²) >= 11 is 1.59. The van der Waals surface area contributed by atoms with Gasteiger partial charge in [-0.05, 0) is 47.9 Å². The molecule has 3 heteroatoms. The molecule has 0 saturated carbocycles. The largest absolute Gasteiger partial charge is 0.507 e. The summed E-state index contributed by atoms with van der Waals surface area (Å²) in [5.41, 5.74) is 3.49. The lowest BCUT2D eigenvalue weighted by molar-refractivity contribution is 0.440. The first-order valence-corrected chi connectivity index (χ1v) is 9.49. The van der Waals surface area contributed by atoms with E-state index in [1.165, 1.54) is 0 Å². The van der Waals surface area contributed by atoms with Crippen LogP contribution < -0.4 is 0 Å². The van der Waals surface area contributed by atoms with Gasteiger partial charge in [-0.15, -0.1) is 0 Å². The van der Waals surface area contributed by atoms with Gasteiger partial charge in [-0.1, -0.05) is 65.4 Å². The van der Waals surface area contributed by atoms with Crippen molar-refractivity contribution < 1.29 is 10.2 Å². The SMILES string of the molecule is Cc1c(Sc2ccc(C(C)(C)C)c(O)c2C)ccc(C(C)(C)C)c1O. The van der Waals surface area contributed by atoms with Gasteiger partial charge in [-0.25, -0.2) is 0 Å². The van der Waals surface area contributed by atoms with E-state index in [4.69, 9.17) is 0 Å². The Hall–Kier alpha value is -1.61. The van der Waals surface area contributed by atoms with Crippen molar-refractivity contribution in [3.05, 3.63) is 46.5 Å². The molecule has 2 aromatic rings. The molecule has 0 heterocycles. The zero-order valence-electron chi connectivity index (χ0n) is 16.6. The highest BCUT2D eigenvalue weighted by Gasteiger charge is 2.23. The van der Waals surface area contributed by atoms with Gasteiger partial charge >= 0.3 is 0 Å². The molecule has 0 spiro atoms. The van der Waals surface area contributed by atoms with E-state index >= 15 is 0 Å². The molecule has 0 bridgehead atoms. The molecule has 0 aliphatic carbocycles. The number of aromatic hydroxyl groups is 2. The maximum atomic E-state index is 10.6. The lowest BCUT2D eigenvalue weighted by Gasteiger charge is -2.24. The van der Waals surface area contributed by atoms with Crippen molar-refractivity contribution in [3.8, 4) is 11.5 Å². The summed E-state index contributed by atoms with van der Waals surface area (Å²) in [6.45, 7) is 16.5. The van der Waals surface area contributed by atoms with Crippen LogP contribution in [0.3, 0.4) is 0 Å². The highest BCUT2D eigenvalue weighted by atomic mass is 32.2. The van der Waals surface area contributed by atoms with Gasteiger partial charge in [0.2, 0.25) is 0 Å². The average Bonchev–Trinajstić information content (AvgIpc) is 2.46. The van der Waals surface area contributed by atoms with Gasteiger partial charge in [0.25, 0.3) is 0 Å². The molecule has 2 aromatic carbocycles. The fraction of sp³-hybridized carbons (Fsp3) is 0.455. The monoisotopic (exact) mass is 358 g/mol. The van der Waals surface area contributed by atoms with Gasteiger partial charge in [-0.2, -0.15) is 0 Å². The first-order chi connectivity index (χ1) is 11.3. The molecule has 0 aromatic heterocycles. The van der Waals surface area contributed by atoms with E-state index in [0.717, 1.165) is 32.0 Å². The van der Waals surface area contributed by atoms with Gasteiger partial charge < -0.3 is 10.2 Å². The predicted octanol–water partition coefficient (Wildman–Crippen LogP) is 6.46. The molecule has 0 saturated heterocycles. The van der Waals surface area contributed by atoms with Gasteiger partial charge in [0.15, 0.2) is 0 Å². The minimum atomic E-state index is -0.0966. The third-order valence-electron chi connectivity index (χ3n) is 4.60. The summed E-state index contributed by atoms with van der Waals surface area (Å²) in [7, 11) is 0. The summed E-state index contributed by atoms with van der Waals surface area (Å²) in [4.78, 5) is 2.02. The zero-order valence-corrected chi connectivity index (χ0v) is 17.4. The summed E-state index contributed by atoms with van der Waals surface area (Å²) in [5, 5.41) is 21.2. The Morgan fingerprint density at radius 3 is 1.24 bits per heavy atom. The second-order valence-corrected chi connectivity index (χ2v) is 9.86. The molecule has 0 amide bonds.